The zero-order valence-corrected chi connectivity index (χ0v) is 13.4. The summed E-state index contributed by atoms with van der Waals surface area (Å²) in [6, 6.07) is -0.0368. The second-order valence-electron chi connectivity index (χ2n) is 6.58. The summed E-state index contributed by atoms with van der Waals surface area (Å²) in [6.45, 7) is 3.81. The van der Waals surface area contributed by atoms with Crippen LogP contribution in [0.3, 0.4) is 0 Å². The number of nitrogens with two attached hydrogens (primary N) is 1. The molecule has 0 radical (unpaired) electrons. The molecule has 4 atom stereocenters. The average molecular weight is 312 g/mol. The monoisotopic (exact) mass is 312 g/mol. The molecule has 2 fully saturated rings. The third-order valence-electron chi connectivity index (χ3n) is 5.20. The van der Waals surface area contributed by atoms with Crippen molar-refractivity contribution in [2.45, 2.75) is 57.0 Å². The number of aromatic nitrogens is 2. The minimum Gasteiger partial charge on any atom is -0.325 e. The standard InChI is InChI=1S/C14H24N4O2S/c1-8(12-6-10-3-4-11(12)5-10)18-21(19,20)14-9(2)16-17-13(14)7-15/h8,10-12,18H,3-7,15H2,1-2H3,(H,16,17). The lowest BCUT2D eigenvalue weighted by atomic mass is 9.84. The highest BCUT2D eigenvalue weighted by Crippen LogP contribution is 2.49. The van der Waals surface area contributed by atoms with Gasteiger partial charge in [-0.25, -0.2) is 13.1 Å². The van der Waals surface area contributed by atoms with Gasteiger partial charge in [0.2, 0.25) is 10.0 Å². The molecule has 0 spiro atoms. The van der Waals surface area contributed by atoms with Crippen molar-refractivity contribution in [3.8, 4) is 0 Å². The van der Waals surface area contributed by atoms with Gasteiger partial charge in [0.05, 0.1) is 11.4 Å². The number of hydrogen-bond acceptors (Lipinski definition) is 4. The zero-order valence-electron chi connectivity index (χ0n) is 12.6. The van der Waals surface area contributed by atoms with Gasteiger partial charge < -0.3 is 5.73 Å². The molecule has 4 N–H and O–H groups in total. The predicted octanol–water partition coefficient (Wildman–Crippen LogP) is 1.28. The fraction of sp³-hybridized carbons (Fsp3) is 0.786. The van der Waals surface area contributed by atoms with Gasteiger partial charge in [0.25, 0.3) is 0 Å². The number of nitrogens with one attached hydrogen (secondary N) is 2. The van der Waals surface area contributed by atoms with Crippen molar-refractivity contribution in [2.24, 2.45) is 23.5 Å². The van der Waals surface area contributed by atoms with Crippen LogP contribution in [0.25, 0.3) is 0 Å². The maximum Gasteiger partial charge on any atom is 0.244 e. The molecule has 1 aromatic heterocycles. The molecule has 7 heteroatoms. The SMILES string of the molecule is Cc1[nH]nc(CN)c1S(=O)(=O)NC(C)C1CC2CCC1C2. The van der Waals surface area contributed by atoms with E-state index in [1.54, 1.807) is 6.92 Å². The van der Waals surface area contributed by atoms with Crippen LogP contribution in [0.4, 0.5) is 0 Å². The maximum absolute atomic E-state index is 12.6. The average Bonchev–Trinajstić information content (AvgIpc) is 3.11. The number of aromatic amines is 1. The highest BCUT2D eigenvalue weighted by Gasteiger charge is 2.43. The van der Waals surface area contributed by atoms with Crippen LogP contribution >= 0.6 is 0 Å². The lowest BCUT2D eigenvalue weighted by molar-refractivity contribution is 0.280. The quantitative estimate of drug-likeness (QED) is 0.762. The molecule has 1 heterocycles. The topological polar surface area (TPSA) is 101 Å². The van der Waals surface area contributed by atoms with Crippen molar-refractivity contribution in [1.82, 2.24) is 14.9 Å². The van der Waals surface area contributed by atoms with E-state index in [-0.39, 0.29) is 17.5 Å². The first-order valence-electron chi connectivity index (χ1n) is 7.68. The van der Waals surface area contributed by atoms with Crippen LogP contribution < -0.4 is 10.5 Å². The lowest BCUT2D eigenvalue weighted by Gasteiger charge is -2.28. The van der Waals surface area contributed by atoms with E-state index >= 15 is 0 Å². The Hall–Kier alpha value is -0.920. The summed E-state index contributed by atoms with van der Waals surface area (Å²) in [7, 11) is -3.57. The predicted molar refractivity (Wildman–Crippen MR) is 79.9 cm³/mol. The summed E-state index contributed by atoms with van der Waals surface area (Å²) < 4.78 is 28.1. The Morgan fingerprint density at radius 1 is 1.43 bits per heavy atom. The third kappa shape index (κ3) is 2.62. The smallest absolute Gasteiger partial charge is 0.244 e. The van der Waals surface area contributed by atoms with E-state index in [2.05, 4.69) is 14.9 Å². The highest BCUT2D eigenvalue weighted by atomic mass is 32.2. The van der Waals surface area contributed by atoms with Crippen LogP contribution in [0.5, 0.6) is 0 Å². The third-order valence-corrected chi connectivity index (χ3v) is 6.96. The molecule has 2 aliphatic carbocycles. The van der Waals surface area contributed by atoms with Gasteiger partial charge in [-0.3, -0.25) is 5.10 Å². The van der Waals surface area contributed by atoms with E-state index in [9.17, 15) is 8.42 Å². The van der Waals surface area contributed by atoms with Crippen molar-refractivity contribution in [1.29, 1.82) is 0 Å². The van der Waals surface area contributed by atoms with Gasteiger partial charge in [0.15, 0.2) is 0 Å². The number of fused-ring (bicyclic) bond motifs is 2. The molecule has 6 nitrogen and oxygen atoms in total. The molecule has 118 valence electrons. The molecule has 0 amide bonds. The minimum atomic E-state index is -3.57. The molecular weight excluding hydrogens is 288 g/mol. The second kappa shape index (κ2) is 5.37. The van der Waals surface area contributed by atoms with Gasteiger partial charge in [-0.1, -0.05) is 6.42 Å². The summed E-state index contributed by atoms with van der Waals surface area (Å²) in [5.41, 5.74) is 6.54. The van der Waals surface area contributed by atoms with Crippen molar-refractivity contribution in [2.75, 3.05) is 0 Å². The van der Waals surface area contributed by atoms with E-state index in [1.807, 2.05) is 6.92 Å². The number of sulfonamides is 1. The number of aryl methyl sites for hydroxylation is 1. The van der Waals surface area contributed by atoms with E-state index in [0.717, 1.165) is 12.3 Å². The van der Waals surface area contributed by atoms with Gasteiger partial charge >= 0.3 is 0 Å². The van der Waals surface area contributed by atoms with Gasteiger partial charge in [-0.15, -0.1) is 0 Å². The van der Waals surface area contributed by atoms with E-state index in [1.165, 1.54) is 19.3 Å². The lowest BCUT2D eigenvalue weighted by Crippen LogP contribution is -2.40. The maximum atomic E-state index is 12.6. The number of rotatable bonds is 5. The second-order valence-corrected chi connectivity index (χ2v) is 8.23. The fourth-order valence-electron chi connectivity index (χ4n) is 4.26. The largest absolute Gasteiger partial charge is 0.325 e. The van der Waals surface area contributed by atoms with Crippen LogP contribution in [0.15, 0.2) is 4.90 Å². The Morgan fingerprint density at radius 2 is 2.19 bits per heavy atom. The molecule has 3 rings (SSSR count). The van der Waals surface area contributed by atoms with Gasteiger partial charge in [-0.2, -0.15) is 5.10 Å². The first-order valence-corrected chi connectivity index (χ1v) is 9.17. The molecule has 2 aliphatic rings. The molecule has 4 unspecified atom stereocenters. The summed E-state index contributed by atoms with van der Waals surface area (Å²) in [5.74, 6) is 1.96. The molecule has 0 saturated heterocycles. The Morgan fingerprint density at radius 3 is 2.76 bits per heavy atom. The molecule has 1 aromatic rings. The van der Waals surface area contributed by atoms with Crippen LogP contribution in [0.2, 0.25) is 0 Å². The van der Waals surface area contributed by atoms with Crippen molar-refractivity contribution in [3.05, 3.63) is 11.4 Å². The van der Waals surface area contributed by atoms with Crippen LogP contribution in [0, 0.1) is 24.7 Å². The normalized spacial score (nSPS) is 30.0. The van der Waals surface area contributed by atoms with E-state index in [4.69, 9.17) is 5.73 Å². The summed E-state index contributed by atoms with van der Waals surface area (Å²) in [5, 5.41) is 6.69. The molecule has 2 saturated carbocycles. The molecular formula is C14H24N4O2S. The fourth-order valence-corrected chi connectivity index (χ4v) is 5.93. The first kappa shape index (κ1) is 15.0. The van der Waals surface area contributed by atoms with Crippen LogP contribution in [0.1, 0.15) is 44.0 Å². The molecule has 21 heavy (non-hydrogen) atoms. The highest BCUT2D eigenvalue weighted by molar-refractivity contribution is 7.89. The summed E-state index contributed by atoms with van der Waals surface area (Å²) in [4.78, 5) is 0.222. The number of nitrogens with zero attached hydrogens (tertiary/aromatic N) is 1. The summed E-state index contributed by atoms with van der Waals surface area (Å²) >= 11 is 0. The van der Waals surface area contributed by atoms with Crippen molar-refractivity contribution >= 4 is 10.0 Å². The Bertz CT molecular complexity index is 625. The Kier molecular flexibility index (Phi) is 3.83. The number of H-pyrrole nitrogens is 1. The Balaban J connectivity index is 1.78. The van der Waals surface area contributed by atoms with Crippen LogP contribution in [-0.4, -0.2) is 24.7 Å². The Labute approximate surface area is 125 Å². The van der Waals surface area contributed by atoms with Crippen molar-refractivity contribution < 1.29 is 8.42 Å². The van der Waals surface area contributed by atoms with Gasteiger partial charge in [0, 0.05) is 12.6 Å². The summed E-state index contributed by atoms with van der Waals surface area (Å²) in [6.07, 6.45) is 5.00. The van der Waals surface area contributed by atoms with Crippen molar-refractivity contribution in [3.63, 3.8) is 0 Å². The number of hydrogen-bond donors (Lipinski definition) is 3. The minimum absolute atomic E-state index is 0.0368. The molecule has 2 bridgehead atoms. The van der Waals surface area contributed by atoms with Gasteiger partial charge in [0.1, 0.15) is 4.90 Å². The van der Waals surface area contributed by atoms with Gasteiger partial charge in [-0.05, 0) is 50.9 Å². The zero-order chi connectivity index (χ0) is 15.2. The van der Waals surface area contributed by atoms with E-state index < -0.39 is 10.0 Å². The van der Waals surface area contributed by atoms with Crippen LogP contribution in [-0.2, 0) is 16.6 Å². The molecule has 0 aromatic carbocycles. The van der Waals surface area contributed by atoms with E-state index in [0.29, 0.717) is 23.2 Å². The first-order chi connectivity index (χ1) is 9.92. The molecule has 0 aliphatic heterocycles.